The van der Waals surface area contributed by atoms with Crippen LogP contribution in [0.25, 0.3) is 5.69 Å². The fourth-order valence-corrected chi connectivity index (χ4v) is 3.13. The lowest BCUT2D eigenvalue weighted by molar-refractivity contribution is 0.410. The topological polar surface area (TPSA) is 52.8 Å². The van der Waals surface area contributed by atoms with E-state index in [2.05, 4.69) is 39.8 Å². The van der Waals surface area contributed by atoms with Gasteiger partial charge in [-0.15, -0.1) is 5.10 Å². The van der Waals surface area contributed by atoms with Crippen molar-refractivity contribution in [3.05, 3.63) is 60.2 Å². The molecule has 1 aromatic heterocycles. The zero-order valence-electron chi connectivity index (χ0n) is 12.9. The third-order valence-electron chi connectivity index (χ3n) is 3.44. The Balaban J connectivity index is 1.63. The van der Waals surface area contributed by atoms with Gasteiger partial charge in [0.25, 0.3) is 0 Å². The molecule has 2 aromatic carbocycles. The Hall–Kier alpha value is -2.34. The van der Waals surface area contributed by atoms with E-state index >= 15 is 0 Å². The monoisotopic (exact) mass is 326 g/mol. The minimum Gasteiger partial charge on any atom is -0.494 e. The number of benzene rings is 2. The summed E-state index contributed by atoms with van der Waals surface area (Å²) in [6.45, 7) is 0. The smallest absolute Gasteiger partial charge is 0.214 e. The molecule has 0 saturated carbocycles. The van der Waals surface area contributed by atoms with Crippen molar-refractivity contribution in [3.8, 4) is 11.4 Å². The van der Waals surface area contributed by atoms with Crippen molar-refractivity contribution >= 4 is 11.8 Å². The molecule has 0 aliphatic carbocycles. The molecule has 0 saturated heterocycles. The third kappa shape index (κ3) is 3.90. The molecule has 5 nitrogen and oxygen atoms in total. The van der Waals surface area contributed by atoms with E-state index < -0.39 is 0 Å². The first-order chi connectivity index (χ1) is 11.4. The Morgan fingerprint density at radius 3 is 2.65 bits per heavy atom. The van der Waals surface area contributed by atoms with Crippen LogP contribution in [0, 0.1) is 0 Å². The fraction of sp³-hybridized carbons (Fsp3) is 0.235. The van der Waals surface area contributed by atoms with Crippen LogP contribution in [-0.2, 0) is 6.42 Å². The number of hydrogen-bond acceptors (Lipinski definition) is 5. The highest BCUT2D eigenvalue weighted by Gasteiger charge is 2.12. The van der Waals surface area contributed by atoms with Crippen LogP contribution in [-0.4, -0.2) is 33.1 Å². The maximum absolute atomic E-state index is 5.38. The molecule has 0 aliphatic rings. The third-order valence-corrected chi connectivity index (χ3v) is 4.44. The lowest BCUT2D eigenvalue weighted by Crippen LogP contribution is -2.02. The number of para-hydroxylation sites is 2. The average Bonchev–Trinajstić information content (AvgIpc) is 3.08. The first-order valence-electron chi connectivity index (χ1n) is 7.47. The van der Waals surface area contributed by atoms with Gasteiger partial charge in [-0.25, -0.2) is 0 Å². The molecule has 0 atom stereocenters. The van der Waals surface area contributed by atoms with E-state index in [9.17, 15) is 0 Å². The highest BCUT2D eigenvalue weighted by Crippen LogP contribution is 2.25. The van der Waals surface area contributed by atoms with Gasteiger partial charge in [-0.2, -0.15) is 4.68 Å². The molecule has 3 rings (SSSR count). The highest BCUT2D eigenvalue weighted by atomic mass is 32.2. The summed E-state index contributed by atoms with van der Waals surface area (Å²) in [7, 11) is 1.65. The molecular formula is C17H18N4OS. The van der Waals surface area contributed by atoms with Crippen molar-refractivity contribution in [3.63, 3.8) is 0 Å². The quantitative estimate of drug-likeness (QED) is 0.492. The van der Waals surface area contributed by atoms with Crippen molar-refractivity contribution in [1.82, 2.24) is 20.2 Å². The molecule has 0 radical (unpaired) electrons. The van der Waals surface area contributed by atoms with E-state index in [4.69, 9.17) is 4.74 Å². The molecule has 1 heterocycles. The van der Waals surface area contributed by atoms with E-state index in [0.717, 1.165) is 35.2 Å². The van der Waals surface area contributed by atoms with Crippen LogP contribution < -0.4 is 4.74 Å². The number of rotatable bonds is 7. The van der Waals surface area contributed by atoms with Gasteiger partial charge in [0.05, 0.1) is 7.11 Å². The summed E-state index contributed by atoms with van der Waals surface area (Å²) in [4.78, 5) is 0. The zero-order chi connectivity index (χ0) is 15.9. The standard InChI is InChI=1S/C17H18N4OS/c1-22-16-12-6-5-11-15(16)21-17(18-19-20-21)23-13-7-10-14-8-3-2-4-9-14/h2-6,8-9,11-12H,7,10,13H2,1H3. The summed E-state index contributed by atoms with van der Waals surface area (Å²) in [5, 5.41) is 12.8. The van der Waals surface area contributed by atoms with Gasteiger partial charge >= 0.3 is 0 Å². The van der Waals surface area contributed by atoms with Crippen molar-refractivity contribution in [2.24, 2.45) is 0 Å². The maximum atomic E-state index is 5.38. The van der Waals surface area contributed by atoms with E-state index in [1.54, 1.807) is 23.6 Å². The summed E-state index contributed by atoms with van der Waals surface area (Å²) in [6, 6.07) is 18.2. The first-order valence-corrected chi connectivity index (χ1v) is 8.45. The Bertz CT molecular complexity index is 745. The highest BCUT2D eigenvalue weighted by molar-refractivity contribution is 7.99. The van der Waals surface area contributed by atoms with Crippen LogP contribution >= 0.6 is 11.8 Å². The molecule has 0 aliphatic heterocycles. The maximum Gasteiger partial charge on any atom is 0.214 e. The summed E-state index contributed by atoms with van der Waals surface area (Å²) in [5.41, 5.74) is 2.21. The van der Waals surface area contributed by atoms with Gasteiger partial charge in [0.1, 0.15) is 11.4 Å². The van der Waals surface area contributed by atoms with Crippen molar-refractivity contribution in [1.29, 1.82) is 0 Å². The number of tetrazole rings is 1. The number of aromatic nitrogens is 4. The second-order valence-electron chi connectivity index (χ2n) is 4.98. The molecule has 0 bridgehead atoms. The summed E-state index contributed by atoms with van der Waals surface area (Å²) < 4.78 is 7.11. The number of aryl methyl sites for hydroxylation is 1. The Morgan fingerprint density at radius 2 is 1.83 bits per heavy atom. The van der Waals surface area contributed by atoms with E-state index in [1.165, 1.54) is 5.56 Å². The van der Waals surface area contributed by atoms with Gasteiger partial charge in [0.15, 0.2) is 0 Å². The van der Waals surface area contributed by atoms with E-state index in [-0.39, 0.29) is 0 Å². The summed E-state index contributed by atoms with van der Waals surface area (Å²) in [6.07, 6.45) is 2.14. The molecular weight excluding hydrogens is 308 g/mol. The Kier molecular flexibility index (Phi) is 5.26. The molecule has 0 amide bonds. The van der Waals surface area contributed by atoms with Crippen molar-refractivity contribution in [2.45, 2.75) is 18.0 Å². The van der Waals surface area contributed by atoms with Gasteiger partial charge in [-0.05, 0) is 41.0 Å². The zero-order valence-corrected chi connectivity index (χ0v) is 13.7. The van der Waals surface area contributed by atoms with Crippen LogP contribution in [0.2, 0.25) is 0 Å². The molecule has 0 fully saturated rings. The summed E-state index contributed by atoms with van der Waals surface area (Å²) >= 11 is 1.66. The molecule has 0 spiro atoms. The number of methoxy groups -OCH3 is 1. The molecule has 118 valence electrons. The SMILES string of the molecule is COc1ccccc1-n1nnnc1SCCCc1ccccc1. The number of nitrogens with zero attached hydrogens (tertiary/aromatic N) is 4. The van der Waals surface area contributed by atoms with Crippen molar-refractivity contribution < 1.29 is 4.74 Å². The fourth-order valence-electron chi connectivity index (χ4n) is 2.31. The number of hydrogen-bond donors (Lipinski definition) is 0. The largest absolute Gasteiger partial charge is 0.494 e. The van der Waals surface area contributed by atoms with Crippen LogP contribution in [0.5, 0.6) is 5.75 Å². The number of ether oxygens (including phenoxy) is 1. The lowest BCUT2D eigenvalue weighted by atomic mass is 10.1. The van der Waals surface area contributed by atoms with Gasteiger partial charge in [0.2, 0.25) is 5.16 Å². The Labute approximate surface area is 139 Å². The van der Waals surface area contributed by atoms with Crippen LogP contribution in [0.4, 0.5) is 0 Å². The number of thioether (sulfide) groups is 1. The normalized spacial score (nSPS) is 10.7. The molecule has 23 heavy (non-hydrogen) atoms. The van der Waals surface area contributed by atoms with Crippen LogP contribution in [0.3, 0.4) is 0 Å². The molecule has 3 aromatic rings. The molecule has 0 unspecified atom stereocenters. The lowest BCUT2D eigenvalue weighted by Gasteiger charge is -2.08. The second-order valence-corrected chi connectivity index (χ2v) is 6.04. The van der Waals surface area contributed by atoms with E-state index in [0.29, 0.717) is 0 Å². The summed E-state index contributed by atoms with van der Waals surface area (Å²) in [5.74, 6) is 1.72. The van der Waals surface area contributed by atoms with Crippen LogP contribution in [0.15, 0.2) is 59.8 Å². The predicted octanol–water partition coefficient (Wildman–Crippen LogP) is 3.40. The van der Waals surface area contributed by atoms with Gasteiger partial charge in [0, 0.05) is 5.75 Å². The van der Waals surface area contributed by atoms with Gasteiger partial charge in [-0.1, -0.05) is 54.2 Å². The minimum atomic E-state index is 0.755. The van der Waals surface area contributed by atoms with Gasteiger partial charge in [-0.3, -0.25) is 0 Å². The predicted molar refractivity (Wildman–Crippen MR) is 91.2 cm³/mol. The molecule has 0 N–H and O–H groups in total. The van der Waals surface area contributed by atoms with E-state index in [1.807, 2.05) is 30.3 Å². The van der Waals surface area contributed by atoms with Gasteiger partial charge < -0.3 is 4.74 Å². The van der Waals surface area contributed by atoms with Crippen molar-refractivity contribution in [2.75, 3.05) is 12.9 Å². The first kappa shape index (κ1) is 15.6. The Morgan fingerprint density at radius 1 is 1.04 bits per heavy atom. The van der Waals surface area contributed by atoms with Crippen LogP contribution in [0.1, 0.15) is 12.0 Å². The molecule has 6 heteroatoms. The second kappa shape index (κ2) is 7.78. The average molecular weight is 326 g/mol. The minimum absolute atomic E-state index is 0.755.